The molecule has 10 nitrogen and oxygen atoms in total. The van der Waals surface area contributed by atoms with Gasteiger partial charge in [-0.05, 0) is 39.5 Å². The van der Waals surface area contributed by atoms with Gasteiger partial charge in [-0.1, -0.05) is 39.3 Å². The number of thiophene rings is 1. The van der Waals surface area contributed by atoms with Crippen LogP contribution in [-0.4, -0.2) is 37.4 Å². The van der Waals surface area contributed by atoms with Gasteiger partial charge in [-0.25, -0.2) is 10.1 Å². The summed E-state index contributed by atoms with van der Waals surface area (Å²) in [4.78, 5) is 13.4. The predicted molar refractivity (Wildman–Crippen MR) is 106 cm³/mol. The van der Waals surface area contributed by atoms with E-state index in [2.05, 4.69) is 51.7 Å². The number of benzene rings is 1. The van der Waals surface area contributed by atoms with E-state index in [4.69, 9.17) is 5.73 Å². The molecule has 3 heterocycles. The molecular weight excluding hydrogens is 448 g/mol. The van der Waals surface area contributed by atoms with Gasteiger partial charge in [-0.15, -0.1) is 16.4 Å². The molecule has 0 aliphatic heterocycles. The minimum atomic E-state index is -0.530. The number of carbonyl (C=O) groups excluding carboxylic acids is 1. The lowest BCUT2D eigenvalue weighted by molar-refractivity contribution is 0.0951. The van der Waals surface area contributed by atoms with Crippen molar-refractivity contribution < 1.29 is 9.42 Å². The maximum Gasteiger partial charge on any atom is 0.294 e. The second kappa shape index (κ2) is 7.70. The van der Waals surface area contributed by atoms with Gasteiger partial charge in [0.1, 0.15) is 5.69 Å². The van der Waals surface area contributed by atoms with Crippen LogP contribution in [0, 0.1) is 0 Å². The Kier molecular flexibility index (Phi) is 4.95. The molecule has 0 spiro atoms. The number of hydrogen-bond acceptors (Lipinski definition) is 9. The standard InChI is InChI=1S/C16H11BrN8O2S/c17-10-5-3-9(4-6-10)8-19-21-16(26)12-13(11-2-1-7-28-11)25(24-20-12)15-14(18)22-27-23-15/h1-8H,(H2,18,22)(H,21,26)/b19-8+. The second-order valence-corrected chi connectivity index (χ2v) is 7.26. The highest BCUT2D eigenvalue weighted by atomic mass is 79.9. The minimum Gasteiger partial charge on any atom is -0.378 e. The number of nitrogen functional groups attached to an aromatic ring is 1. The van der Waals surface area contributed by atoms with Gasteiger partial charge in [0, 0.05) is 4.47 Å². The van der Waals surface area contributed by atoms with Crippen LogP contribution in [0.5, 0.6) is 0 Å². The molecule has 28 heavy (non-hydrogen) atoms. The Balaban J connectivity index is 1.64. The zero-order chi connectivity index (χ0) is 19.5. The summed E-state index contributed by atoms with van der Waals surface area (Å²) in [6, 6.07) is 11.1. The summed E-state index contributed by atoms with van der Waals surface area (Å²) in [5.41, 5.74) is 9.51. The van der Waals surface area contributed by atoms with Crippen LogP contribution >= 0.6 is 27.3 Å². The van der Waals surface area contributed by atoms with Gasteiger partial charge in [-0.2, -0.15) is 9.78 Å². The van der Waals surface area contributed by atoms with E-state index in [9.17, 15) is 4.79 Å². The summed E-state index contributed by atoms with van der Waals surface area (Å²) in [7, 11) is 0. The smallest absolute Gasteiger partial charge is 0.294 e. The quantitative estimate of drug-likeness (QED) is 0.346. The number of carbonyl (C=O) groups is 1. The highest BCUT2D eigenvalue weighted by Crippen LogP contribution is 2.29. The van der Waals surface area contributed by atoms with Crippen molar-refractivity contribution >= 4 is 45.2 Å². The van der Waals surface area contributed by atoms with Gasteiger partial charge in [-0.3, -0.25) is 4.79 Å². The second-order valence-electron chi connectivity index (χ2n) is 5.40. The molecule has 140 valence electrons. The molecule has 0 saturated heterocycles. The lowest BCUT2D eigenvalue weighted by atomic mass is 10.2. The largest absolute Gasteiger partial charge is 0.378 e. The highest BCUT2D eigenvalue weighted by Gasteiger charge is 2.25. The van der Waals surface area contributed by atoms with E-state index >= 15 is 0 Å². The van der Waals surface area contributed by atoms with E-state index in [0.717, 1.165) is 14.9 Å². The molecule has 4 aromatic rings. The van der Waals surface area contributed by atoms with Crippen molar-refractivity contribution in [3.63, 3.8) is 0 Å². The molecule has 12 heteroatoms. The normalized spacial score (nSPS) is 11.2. The van der Waals surface area contributed by atoms with Crippen molar-refractivity contribution in [1.29, 1.82) is 0 Å². The van der Waals surface area contributed by atoms with E-state index < -0.39 is 5.91 Å². The first kappa shape index (κ1) is 18.0. The number of hydrazone groups is 1. The van der Waals surface area contributed by atoms with Crippen LogP contribution in [0.3, 0.4) is 0 Å². The summed E-state index contributed by atoms with van der Waals surface area (Å²) in [5.74, 6) is -0.353. The molecule has 0 aliphatic carbocycles. The molecule has 0 fully saturated rings. The van der Waals surface area contributed by atoms with Gasteiger partial charge in [0.05, 0.1) is 11.1 Å². The van der Waals surface area contributed by atoms with Gasteiger partial charge < -0.3 is 5.73 Å². The topological polar surface area (TPSA) is 137 Å². The molecule has 0 aliphatic rings. The Morgan fingerprint density at radius 3 is 2.79 bits per heavy atom. The van der Waals surface area contributed by atoms with Crippen molar-refractivity contribution in [3.05, 3.63) is 57.5 Å². The van der Waals surface area contributed by atoms with Gasteiger partial charge in [0.15, 0.2) is 5.69 Å². The fourth-order valence-electron chi connectivity index (χ4n) is 2.32. The Bertz CT molecular complexity index is 1130. The molecule has 0 radical (unpaired) electrons. The van der Waals surface area contributed by atoms with Crippen molar-refractivity contribution in [2.24, 2.45) is 5.10 Å². The fraction of sp³-hybridized carbons (Fsp3) is 0. The number of hydrogen-bond donors (Lipinski definition) is 2. The number of nitrogens with one attached hydrogen (secondary N) is 1. The van der Waals surface area contributed by atoms with Gasteiger partial charge >= 0.3 is 0 Å². The first-order chi connectivity index (χ1) is 13.6. The summed E-state index contributed by atoms with van der Waals surface area (Å²) >= 11 is 4.77. The zero-order valence-electron chi connectivity index (χ0n) is 14.0. The molecule has 0 unspecified atom stereocenters. The molecule has 0 bridgehead atoms. The number of amides is 1. The highest BCUT2D eigenvalue weighted by molar-refractivity contribution is 9.10. The van der Waals surface area contributed by atoms with Crippen LogP contribution in [0.25, 0.3) is 16.4 Å². The number of nitrogens with two attached hydrogens (primary N) is 1. The summed E-state index contributed by atoms with van der Waals surface area (Å²) in [5, 5.41) is 21.1. The fourth-order valence-corrected chi connectivity index (χ4v) is 3.34. The Morgan fingerprint density at radius 2 is 2.11 bits per heavy atom. The lowest BCUT2D eigenvalue weighted by Crippen LogP contribution is -2.19. The van der Waals surface area contributed by atoms with E-state index in [1.54, 1.807) is 0 Å². The van der Waals surface area contributed by atoms with Crippen LogP contribution in [0.15, 0.2) is 56.0 Å². The third-order valence-corrected chi connectivity index (χ3v) is 4.99. The van der Waals surface area contributed by atoms with Crippen molar-refractivity contribution in [1.82, 2.24) is 30.7 Å². The molecule has 0 saturated carbocycles. The molecule has 0 atom stereocenters. The molecule has 3 aromatic heterocycles. The van der Waals surface area contributed by atoms with E-state index in [1.807, 2.05) is 41.8 Å². The lowest BCUT2D eigenvalue weighted by Gasteiger charge is -2.03. The monoisotopic (exact) mass is 458 g/mol. The van der Waals surface area contributed by atoms with Gasteiger partial charge in [0.25, 0.3) is 5.91 Å². The SMILES string of the molecule is Nc1nonc1-n1nnc(C(=O)N/N=C/c2ccc(Br)cc2)c1-c1cccs1. The maximum absolute atomic E-state index is 12.6. The molecule has 1 amide bonds. The summed E-state index contributed by atoms with van der Waals surface area (Å²) < 4.78 is 6.89. The van der Waals surface area contributed by atoms with Gasteiger partial charge in [0.2, 0.25) is 11.6 Å². The van der Waals surface area contributed by atoms with E-state index in [0.29, 0.717) is 5.69 Å². The summed E-state index contributed by atoms with van der Waals surface area (Å²) in [6.45, 7) is 0. The number of aromatic nitrogens is 5. The first-order valence-electron chi connectivity index (χ1n) is 7.80. The number of nitrogens with zero attached hydrogens (tertiary/aromatic N) is 6. The Hall–Kier alpha value is -3.38. The molecule has 1 aromatic carbocycles. The van der Waals surface area contributed by atoms with Crippen LogP contribution < -0.4 is 11.2 Å². The van der Waals surface area contributed by atoms with Crippen molar-refractivity contribution in [3.8, 4) is 16.4 Å². The minimum absolute atomic E-state index is 0.0305. The predicted octanol–water partition coefficient (Wildman–Crippen LogP) is 2.49. The van der Waals surface area contributed by atoms with Crippen molar-refractivity contribution in [2.45, 2.75) is 0 Å². The van der Waals surface area contributed by atoms with Crippen LogP contribution in [-0.2, 0) is 0 Å². The number of anilines is 1. The van der Waals surface area contributed by atoms with E-state index in [-0.39, 0.29) is 17.3 Å². The first-order valence-corrected chi connectivity index (χ1v) is 9.47. The van der Waals surface area contributed by atoms with Crippen LogP contribution in [0.4, 0.5) is 5.82 Å². The number of rotatable bonds is 5. The Labute approximate surface area is 170 Å². The van der Waals surface area contributed by atoms with Crippen LogP contribution in [0.2, 0.25) is 0 Å². The maximum atomic E-state index is 12.6. The zero-order valence-corrected chi connectivity index (χ0v) is 16.4. The summed E-state index contributed by atoms with van der Waals surface area (Å²) in [6.07, 6.45) is 1.53. The Morgan fingerprint density at radius 1 is 1.29 bits per heavy atom. The number of halogens is 1. The third-order valence-electron chi connectivity index (χ3n) is 3.59. The van der Waals surface area contributed by atoms with Crippen molar-refractivity contribution in [2.75, 3.05) is 5.73 Å². The average Bonchev–Trinajstić information content (AvgIpc) is 3.42. The van der Waals surface area contributed by atoms with Crippen LogP contribution in [0.1, 0.15) is 16.1 Å². The molecule has 4 rings (SSSR count). The molecule has 3 N–H and O–H groups in total. The van der Waals surface area contributed by atoms with E-state index in [1.165, 1.54) is 22.2 Å². The molecular formula is C16H11BrN8O2S. The third kappa shape index (κ3) is 3.54. The average molecular weight is 459 g/mol.